The van der Waals surface area contributed by atoms with Gasteiger partial charge in [0.2, 0.25) is 0 Å². The van der Waals surface area contributed by atoms with Gasteiger partial charge in [0.1, 0.15) is 18.1 Å². The van der Waals surface area contributed by atoms with E-state index in [1.165, 1.54) is 0 Å². The first-order valence-electron chi connectivity index (χ1n) is 6.23. The van der Waals surface area contributed by atoms with Crippen LogP contribution in [0.3, 0.4) is 0 Å². The van der Waals surface area contributed by atoms with Crippen LogP contribution in [0.2, 0.25) is 0 Å². The van der Waals surface area contributed by atoms with Crippen molar-refractivity contribution in [2.75, 3.05) is 26.1 Å². The maximum Gasteiger partial charge on any atom is 0.119 e. The maximum atomic E-state index is 5.80. The zero-order chi connectivity index (χ0) is 13.4. The van der Waals surface area contributed by atoms with Gasteiger partial charge in [-0.05, 0) is 37.1 Å². The van der Waals surface area contributed by atoms with Gasteiger partial charge >= 0.3 is 0 Å². The molecule has 1 aromatic rings. The standard InChI is InChI=1S/C14H22ClNO2/c1-11(10-15)12(2)16-8-9-18-14-6-4-13(17-3)5-7-14/h4-7,11-12,16H,8-10H2,1-3H3. The Kier molecular flexibility index (Phi) is 6.91. The Hall–Kier alpha value is -0.930. The minimum atomic E-state index is 0.405. The van der Waals surface area contributed by atoms with E-state index in [0.29, 0.717) is 24.4 Å². The predicted octanol–water partition coefficient (Wildman–Crippen LogP) is 2.93. The quantitative estimate of drug-likeness (QED) is 0.583. The topological polar surface area (TPSA) is 30.5 Å². The average molecular weight is 272 g/mol. The summed E-state index contributed by atoms with van der Waals surface area (Å²) in [5.41, 5.74) is 0. The minimum absolute atomic E-state index is 0.405. The number of alkyl halides is 1. The van der Waals surface area contributed by atoms with Gasteiger partial charge in [0, 0.05) is 18.5 Å². The molecule has 0 bridgehead atoms. The van der Waals surface area contributed by atoms with E-state index < -0.39 is 0 Å². The number of benzene rings is 1. The predicted molar refractivity (Wildman–Crippen MR) is 75.8 cm³/mol. The molecule has 1 N–H and O–H groups in total. The number of halogens is 1. The first kappa shape index (κ1) is 15.1. The summed E-state index contributed by atoms with van der Waals surface area (Å²) in [6, 6.07) is 8.00. The highest BCUT2D eigenvalue weighted by molar-refractivity contribution is 6.18. The lowest BCUT2D eigenvalue weighted by Gasteiger charge is -2.19. The molecular formula is C14H22ClNO2. The summed E-state index contributed by atoms with van der Waals surface area (Å²) in [4.78, 5) is 0. The van der Waals surface area contributed by atoms with Crippen molar-refractivity contribution in [3.8, 4) is 11.5 Å². The third-order valence-corrected chi connectivity index (χ3v) is 3.48. The van der Waals surface area contributed by atoms with Crippen molar-refractivity contribution in [3.05, 3.63) is 24.3 Å². The largest absolute Gasteiger partial charge is 0.497 e. The van der Waals surface area contributed by atoms with Crippen LogP contribution in [-0.4, -0.2) is 32.2 Å². The second kappa shape index (κ2) is 8.22. The molecule has 0 aliphatic carbocycles. The molecule has 0 spiro atoms. The van der Waals surface area contributed by atoms with Crippen LogP contribution >= 0.6 is 11.6 Å². The van der Waals surface area contributed by atoms with E-state index in [1.807, 2.05) is 24.3 Å². The highest BCUT2D eigenvalue weighted by Crippen LogP contribution is 2.16. The van der Waals surface area contributed by atoms with Crippen LogP contribution in [0.25, 0.3) is 0 Å². The van der Waals surface area contributed by atoms with E-state index in [9.17, 15) is 0 Å². The lowest BCUT2D eigenvalue weighted by molar-refractivity contribution is 0.297. The van der Waals surface area contributed by atoms with E-state index in [4.69, 9.17) is 21.1 Å². The van der Waals surface area contributed by atoms with Crippen LogP contribution in [0.15, 0.2) is 24.3 Å². The van der Waals surface area contributed by atoms with E-state index >= 15 is 0 Å². The second-order valence-electron chi connectivity index (χ2n) is 4.40. The minimum Gasteiger partial charge on any atom is -0.497 e. The zero-order valence-corrected chi connectivity index (χ0v) is 12.0. The van der Waals surface area contributed by atoms with Crippen molar-refractivity contribution < 1.29 is 9.47 Å². The zero-order valence-electron chi connectivity index (χ0n) is 11.3. The smallest absolute Gasteiger partial charge is 0.119 e. The van der Waals surface area contributed by atoms with Crippen molar-refractivity contribution >= 4 is 11.6 Å². The van der Waals surface area contributed by atoms with Crippen molar-refractivity contribution in [2.24, 2.45) is 5.92 Å². The SMILES string of the molecule is COc1ccc(OCCNC(C)C(C)CCl)cc1. The Bertz CT molecular complexity index is 329. The monoisotopic (exact) mass is 271 g/mol. The summed E-state index contributed by atoms with van der Waals surface area (Å²) < 4.78 is 10.7. The fourth-order valence-corrected chi connectivity index (χ4v) is 1.73. The molecule has 1 rings (SSSR count). The van der Waals surface area contributed by atoms with Crippen LogP contribution < -0.4 is 14.8 Å². The molecule has 0 saturated carbocycles. The average Bonchev–Trinajstić information content (AvgIpc) is 2.43. The Morgan fingerprint density at radius 1 is 1.17 bits per heavy atom. The molecule has 0 amide bonds. The molecule has 0 aliphatic rings. The summed E-state index contributed by atoms with van der Waals surface area (Å²) >= 11 is 5.80. The Balaban J connectivity index is 2.21. The number of rotatable bonds is 8. The van der Waals surface area contributed by atoms with Crippen LogP contribution in [0, 0.1) is 5.92 Å². The number of ether oxygens (including phenoxy) is 2. The lowest BCUT2D eigenvalue weighted by atomic mass is 10.1. The third-order valence-electron chi connectivity index (χ3n) is 2.99. The van der Waals surface area contributed by atoms with Gasteiger partial charge in [-0.1, -0.05) is 6.92 Å². The molecule has 3 nitrogen and oxygen atoms in total. The Labute approximate surface area is 114 Å². The first-order chi connectivity index (χ1) is 8.67. The van der Waals surface area contributed by atoms with E-state index in [-0.39, 0.29) is 0 Å². The van der Waals surface area contributed by atoms with Crippen LogP contribution in [0.1, 0.15) is 13.8 Å². The van der Waals surface area contributed by atoms with Crippen molar-refractivity contribution in [3.63, 3.8) is 0 Å². The number of hydrogen-bond donors (Lipinski definition) is 1. The molecule has 2 atom stereocenters. The van der Waals surface area contributed by atoms with E-state index in [2.05, 4.69) is 19.2 Å². The Morgan fingerprint density at radius 3 is 2.33 bits per heavy atom. The van der Waals surface area contributed by atoms with E-state index in [1.54, 1.807) is 7.11 Å². The highest BCUT2D eigenvalue weighted by Gasteiger charge is 2.09. The van der Waals surface area contributed by atoms with Crippen molar-refractivity contribution in [2.45, 2.75) is 19.9 Å². The lowest BCUT2D eigenvalue weighted by Crippen LogP contribution is -2.35. The van der Waals surface area contributed by atoms with Crippen LogP contribution in [-0.2, 0) is 0 Å². The van der Waals surface area contributed by atoms with Crippen molar-refractivity contribution in [1.29, 1.82) is 0 Å². The first-order valence-corrected chi connectivity index (χ1v) is 6.77. The maximum absolute atomic E-state index is 5.80. The molecule has 1 aromatic carbocycles. The molecule has 0 fully saturated rings. The van der Waals surface area contributed by atoms with Crippen molar-refractivity contribution in [1.82, 2.24) is 5.32 Å². The fraction of sp³-hybridized carbons (Fsp3) is 0.571. The summed E-state index contributed by atoms with van der Waals surface area (Å²) in [5, 5.41) is 3.39. The molecule has 0 radical (unpaired) electrons. The second-order valence-corrected chi connectivity index (χ2v) is 4.71. The summed E-state index contributed by atoms with van der Waals surface area (Å²) in [5.74, 6) is 2.83. The van der Waals surface area contributed by atoms with Gasteiger partial charge in [0.25, 0.3) is 0 Å². The Morgan fingerprint density at radius 2 is 1.78 bits per heavy atom. The summed E-state index contributed by atoms with van der Waals surface area (Å²) in [7, 11) is 1.65. The van der Waals surface area contributed by atoms with Gasteiger partial charge in [0.15, 0.2) is 0 Å². The van der Waals surface area contributed by atoms with Crippen LogP contribution in [0.4, 0.5) is 0 Å². The van der Waals surface area contributed by atoms with Gasteiger partial charge in [0.05, 0.1) is 7.11 Å². The molecule has 18 heavy (non-hydrogen) atoms. The summed E-state index contributed by atoms with van der Waals surface area (Å²) in [6.07, 6.45) is 0. The molecule has 4 heteroatoms. The number of nitrogens with one attached hydrogen (secondary N) is 1. The molecule has 2 unspecified atom stereocenters. The van der Waals surface area contributed by atoms with Gasteiger partial charge in [-0.25, -0.2) is 0 Å². The van der Waals surface area contributed by atoms with Gasteiger partial charge in [-0.3, -0.25) is 0 Å². The molecular weight excluding hydrogens is 250 g/mol. The van der Waals surface area contributed by atoms with E-state index in [0.717, 1.165) is 18.0 Å². The molecule has 0 aromatic heterocycles. The molecule has 0 saturated heterocycles. The summed E-state index contributed by atoms with van der Waals surface area (Å²) in [6.45, 7) is 5.73. The number of methoxy groups -OCH3 is 1. The highest BCUT2D eigenvalue weighted by atomic mass is 35.5. The number of hydrogen-bond acceptors (Lipinski definition) is 3. The molecule has 102 valence electrons. The van der Waals surface area contributed by atoms with Crippen LogP contribution in [0.5, 0.6) is 11.5 Å². The van der Waals surface area contributed by atoms with Gasteiger partial charge in [-0.15, -0.1) is 11.6 Å². The molecule has 0 heterocycles. The van der Waals surface area contributed by atoms with Gasteiger partial charge in [-0.2, -0.15) is 0 Å². The molecule has 0 aliphatic heterocycles. The normalized spacial score (nSPS) is 14.0. The van der Waals surface area contributed by atoms with Gasteiger partial charge < -0.3 is 14.8 Å². The third kappa shape index (κ3) is 5.15. The fourth-order valence-electron chi connectivity index (χ4n) is 1.46.